The van der Waals surface area contributed by atoms with Gasteiger partial charge in [0.25, 0.3) is 0 Å². The molecule has 0 aliphatic heterocycles. The molecule has 0 bridgehead atoms. The highest BCUT2D eigenvalue weighted by Gasteiger charge is 2.51. The Kier molecular flexibility index (Phi) is 6.67. The van der Waals surface area contributed by atoms with Gasteiger partial charge in [-0.05, 0) is 113 Å². The molecule has 1 spiro atoms. The summed E-state index contributed by atoms with van der Waals surface area (Å²) in [5, 5.41) is 2.61. The second-order valence-corrected chi connectivity index (χ2v) is 16.4. The van der Waals surface area contributed by atoms with Gasteiger partial charge in [-0.2, -0.15) is 0 Å². The van der Waals surface area contributed by atoms with E-state index in [1.165, 1.54) is 94.3 Å². The van der Waals surface area contributed by atoms with Crippen LogP contribution in [0.3, 0.4) is 0 Å². The first-order chi connectivity index (χ1) is 28.1. The molecule has 0 saturated heterocycles. The quantitative estimate of drug-likeness (QED) is 0.175. The van der Waals surface area contributed by atoms with Gasteiger partial charge in [-0.3, -0.25) is 0 Å². The molecule has 57 heavy (non-hydrogen) atoms. The van der Waals surface area contributed by atoms with E-state index in [0.717, 1.165) is 11.4 Å². The minimum atomic E-state index is -0.576. The van der Waals surface area contributed by atoms with E-state index in [9.17, 15) is 0 Å². The van der Waals surface area contributed by atoms with Crippen LogP contribution in [-0.4, -0.2) is 0 Å². The molecule has 0 fully saturated rings. The summed E-state index contributed by atoms with van der Waals surface area (Å²) in [6, 6.07) is 75.1. The van der Waals surface area contributed by atoms with E-state index in [2.05, 4.69) is 219 Å². The van der Waals surface area contributed by atoms with Crippen LogP contribution in [0.25, 0.3) is 55.3 Å². The van der Waals surface area contributed by atoms with Crippen molar-refractivity contribution in [1.29, 1.82) is 0 Å². The zero-order valence-electron chi connectivity index (χ0n) is 32.0. The predicted octanol–water partition coefficient (Wildman–Crippen LogP) is 14.6. The van der Waals surface area contributed by atoms with Crippen molar-refractivity contribution in [3.8, 4) is 44.5 Å². The standard InChI is InChI=1S/C56H39N/c1-55(2)46-26-12-11-24-45(46)53-49(55)29-16-30-51(53)57(38-20-7-4-8-21-38)39-32-34-43-41-22-9-13-27-47(41)56(50(43)35-39)48-28-14-10-23-42(48)44-25-15-19-37-31-33-40(54(56)52(37)44)36-17-5-3-6-18-36/h3-35H,1-2H3. The fraction of sp³-hybridized carbons (Fsp3) is 0.0714. The van der Waals surface area contributed by atoms with E-state index in [0.29, 0.717) is 0 Å². The Hall–Kier alpha value is -6.96. The molecule has 0 radical (unpaired) electrons. The summed E-state index contributed by atoms with van der Waals surface area (Å²) in [5.74, 6) is 0. The van der Waals surface area contributed by atoms with Crippen molar-refractivity contribution in [3.63, 3.8) is 0 Å². The first kappa shape index (κ1) is 32.3. The maximum Gasteiger partial charge on any atom is 0.0732 e. The number of hydrogen-bond acceptors (Lipinski definition) is 1. The molecule has 3 aliphatic carbocycles. The highest BCUT2D eigenvalue weighted by Crippen LogP contribution is 2.64. The minimum Gasteiger partial charge on any atom is -0.310 e. The number of nitrogens with zero attached hydrogens (tertiary/aromatic N) is 1. The van der Waals surface area contributed by atoms with Gasteiger partial charge in [-0.1, -0.05) is 184 Å². The lowest BCUT2D eigenvalue weighted by atomic mass is 9.60. The van der Waals surface area contributed by atoms with Gasteiger partial charge in [0, 0.05) is 22.4 Å². The Balaban J connectivity index is 1.21. The van der Waals surface area contributed by atoms with Crippen molar-refractivity contribution in [3.05, 3.63) is 234 Å². The van der Waals surface area contributed by atoms with Crippen LogP contribution >= 0.6 is 0 Å². The van der Waals surface area contributed by atoms with Crippen LogP contribution in [-0.2, 0) is 10.8 Å². The molecule has 268 valence electrons. The van der Waals surface area contributed by atoms with Gasteiger partial charge in [0.15, 0.2) is 0 Å². The molecule has 1 unspecified atom stereocenters. The highest BCUT2D eigenvalue weighted by atomic mass is 15.1. The van der Waals surface area contributed by atoms with Gasteiger partial charge in [-0.15, -0.1) is 0 Å². The van der Waals surface area contributed by atoms with E-state index in [-0.39, 0.29) is 5.41 Å². The van der Waals surface area contributed by atoms with E-state index >= 15 is 0 Å². The largest absolute Gasteiger partial charge is 0.310 e. The van der Waals surface area contributed by atoms with E-state index in [1.807, 2.05) is 0 Å². The lowest BCUT2D eigenvalue weighted by Crippen LogP contribution is -2.32. The maximum absolute atomic E-state index is 2.53. The monoisotopic (exact) mass is 725 g/mol. The molecular weight excluding hydrogens is 687 g/mol. The van der Waals surface area contributed by atoms with Crippen molar-refractivity contribution in [2.24, 2.45) is 0 Å². The maximum atomic E-state index is 2.53. The SMILES string of the molecule is CC1(C)c2ccccc2-c2c(N(c3ccccc3)c3ccc4c(c3)C3(c5ccccc5-4)c4ccccc4-c4cccc5ccc(-c6ccccc6)c3c45)cccc21. The smallest absolute Gasteiger partial charge is 0.0732 e. The molecular formula is C56H39N. The summed E-state index contributed by atoms with van der Waals surface area (Å²) < 4.78 is 0. The molecule has 0 heterocycles. The first-order valence-corrected chi connectivity index (χ1v) is 20.1. The van der Waals surface area contributed by atoms with E-state index in [1.54, 1.807) is 0 Å². The highest BCUT2D eigenvalue weighted by molar-refractivity contribution is 6.10. The second-order valence-electron chi connectivity index (χ2n) is 16.4. The second kappa shape index (κ2) is 11.8. The fourth-order valence-electron chi connectivity index (χ4n) is 10.9. The Morgan fingerprint density at radius 3 is 1.68 bits per heavy atom. The summed E-state index contributed by atoms with van der Waals surface area (Å²) in [5.41, 5.74) is 21.2. The summed E-state index contributed by atoms with van der Waals surface area (Å²) in [6.45, 7) is 4.74. The van der Waals surface area contributed by atoms with Crippen molar-refractivity contribution in [2.75, 3.05) is 4.90 Å². The third-order valence-corrected chi connectivity index (χ3v) is 13.3. The molecule has 1 nitrogen and oxygen atoms in total. The van der Waals surface area contributed by atoms with Gasteiger partial charge >= 0.3 is 0 Å². The molecule has 12 rings (SSSR count). The zero-order chi connectivity index (χ0) is 37.9. The average molecular weight is 726 g/mol. The summed E-state index contributed by atoms with van der Waals surface area (Å²) >= 11 is 0. The van der Waals surface area contributed by atoms with Crippen LogP contribution in [0, 0.1) is 0 Å². The lowest BCUT2D eigenvalue weighted by molar-refractivity contribution is 0.660. The normalized spacial score (nSPS) is 16.1. The van der Waals surface area contributed by atoms with Crippen LogP contribution < -0.4 is 4.90 Å². The summed E-state index contributed by atoms with van der Waals surface area (Å²) in [6.07, 6.45) is 0. The van der Waals surface area contributed by atoms with Crippen LogP contribution in [0.5, 0.6) is 0 Å². The minimum absolute atomic E-state index is 0.111. The fourth-order valence-corrected chi connectivity index (χ4v) is 10.9. The first-order valence-electron chi connectivity index (χ1n) is 20.1. The predicted molar refractivity (Wildman–Crippen MR) is 238 cm³/mol. The Bertz CT molecular complexity index is 3100. The van der Waals surface area contributed by atoms with Crippen molar-refractivity contribution < 1.29 is 0 Å². The van der Waals surface area contributed by atoms with Crippen molar-refractivity contribution in [2.45, 2.75) is 24.7 Å². The van der Waals surface area contributed by atoms with Crippen molar-refractivity contribution >= 4 is 27.8 Å². The molecule has 9 aromatic rings. The Labute approximate surface area is 334 Å². The molecule has 0 amide bonds. The number of rotatable bonds is 4. The molecule has 1 heteroatoms. The molecule has 0 aromatic heterocycles. The van der Waals surface area contributed by atoms with Crippen LogP contribution in [0.1, 0.15) is 47.2 Å². The van der Waals surface area contributed by atoms with Crippen LogP contribution in [0.2, 0.25) is 0 Å². The van der Waals surface area contributed by atoms with E-state index < -0.39 is 5.41 Å². The van der Waals surface area contributed by atoms with Gasteiger partial charge in [0.05, 0.1) is 11.1 Å². The average Bonchev–Trinajstić information content (AvgIpc) is 3.69. The van der Waals surface area contributed by atoms with E-state index in [4.69, 9.17) is 0 Å². The molecule has 1 atom stereocenters. The third kappa shape index (κ3) is 4.24. The number of anilines is 3. The van der Waals surface area contributed by atoms with Gasteiger partial charge in [0.1, 0.15) is 0 Å². The molecule has 0 N–H and O–H groups in total. The topological polar surface area (TPSA) is 3.24 Å². The van der Waals surface area contributed by atoms with Crippen LogP contribution in [0.4, 0.5) is 17.1 Å². The van der Waals surface area contributed by atoms with Gasteiger partial charge in [0.2, 0.25) is 0 Å². The number of hydrogen-bond donors (Lipinski definition) is 0. The molecule has 9 aromatic carbocycles. The third-order valence-electron chi connectivity index (χ3n) is 13.3. The Morgan fingerprint density at radius 2 is 0.930 bits per heavy atom. The number of benzene rings is 9. The van der Waals surface area contributed by atoms with Crippen LogP contribution in [0.15, 0.2) is 200 Å². The van der Waals surface area contributed by atoms with Crippen molar-refractivity contribution in [1.82, 2.24) is 0 Å². The lowest BCUT2D eigenvalue weighted by Gasteiger charge is -2.41. The molecule has 0 saturated carbocycles. The zero-order valence-corrected chi connectivity index (χ0v) is 32.0. The Morgan fingerprint density at radius 1 is 0.368 bits per heavy atom. The summed E-state index contributed by atoms with van der Waals surface area (Å²) in [7, 11) is 0. The number of para-hydroxylation sites is 1. The van der Waals surface area contributed by atoms with Gasteiger partial charge < -0.3 is 4.90 Å². The number of fused-ring (bicyclic) bond motifs is 12. The van der Waals surface area contributed by atoms with Gasteiger partial charge in [-0.25, -0.2) is 0 Å². The summed E-state index contributed by atoms with van der Waals surface area (Å²) in [4.78, 5) is 2.51. The molecule has 3 aliphatic rings.